The van der Waals surface area contributed by atoms with Crippen molar-refractivity contribution < 1.29 is 9.50 Å². The van der Waals surface area contributed by atoms with Gasteiger partial charge in [0.25, 0.3) is 5.56 Å². The van der Waals surface area contributed by atoms with Crippen molar-refractivity contribution in [1.29, 1.82) is 0 Å². The van der Waals surface area contributed by atoms with Gasteiger partial charge in [0.2, 0.25) is 5.88 Å². The Kier molecular flexibility index (Phi) is 6.46. The highest BCUT2D eigenvalue weighted by Crippen LogP contribution is 2.20. The van der Waals surface area contributed by atoms with Gasteiger partial charge in [-0.15, -0.1) is 0 Å². The summed E-state index contributed by atoms with van der Waals surface area (Å²) in [6.45, 7) is 5.90. The number of hydrogen-bond donors (Lipinski definition) is 2. The smallest absolute Gasteiger partial charge is 0.331 e. The van der Waals surface area contributed by atoms with Crippen LogP contribution in [0.1, 0.15) is 25.0 Å². The Bertz CT molecular complexity index is 1140. The number of hydrogen-bond acceptors (Lipinski definition) is 5. The number of nitrogens with one attached hydrogen (secondary N) is 1. The summed E-state index contributed by atoms with van der Waals surface area (Å²) in [5, 5.41) is 10.5. The predicted molar refractivity (Wildman–Crippen MR) is 116 cm³/mol. The molecule has 3 rings (SSSR count). The van der Waals surface area contributed by atoms with Crippen molar-refractivity contribution in [3.05, 3.63) is 86.3 Å². The molecule has 0 aliphatic heterocycles. The van der Waals surface area contributed by atoms with E-state index in [1.54, 1.807) is 0 Å². The van der Waals surface area contributed by atoms with Gasteiger partial charge in [0.1, 0.15) is 11.4 Å². The Morgan fingerprint density at radius 2 is 1.70 bits per heavy atom. The van der Waals surface area contributed by atoms with Crippen LogP contribution in [0.3, 0.4) is 0 Å². The van der Waals surface area contributed by atoms with E-state index < -0.39 is 22.9 Å². The maximum Gasteiger partial charge on any atom is 0.331 e. The SMILES string of the molecule is CCN(CC)c1ccc(N=Cc2c(O)n(Cc3ccc(F)cc3)c(=O)[nH]c2=O)cc1. The quantitative estimate of drug-likeness (QED) is 0.586. The number of aromatic amines is 1. The van der Waals surface area contributed by atoms with Gasteiger partial charge in [-0.2, -0.15) is 0 Å². The molecule has 8 heteroatoms. The second-order valence-electron chi connectivity index (χ2n) is 6.66. The molecule has 156 valence electrons. The molecule has 0 saturated carbocycles. The molecule has 0 aliphatic carbocycles. The molecule has 1 aromatic heterocycles. The summed E-state index contributed by atoms with van der Waals surface area (Å²) in [6.07, 6.45) is 1.22. The minimum atomic E-state index is -0.762. The van der Waals surface area contributed by atoms with Gasteiger partial charge in [-0.1, -0.05) is 12.1 Å². The Morgan fingerprint density at radius 1 is 1.07 bits per heavy atom. The molecule has 0 unspecified atom stereocenters. The van der Waals surface area contributed by atoms with E-state index in [4.69, 9.17) is 0 Å². The fraction of sp³-hybridized carbons (Fsp3) is 0.227. The fourth-order valence-electron chi connectivity index (χ4n) is 3.09. The van der Waals surface area contributed by atoms with Crippen LogP contribution in [0.2, 0.25) is 0 Å². The zero-order chi connectivity index (χ0) is 21.7. The highest BCUT2D eigenvalue weighted by Gasteiger charge is 2.13. The first-order chi connectivity index (χ1) is 14.4. The van der Waals surface area contributed by atoms with E-state index in [-0.39, 0.29) is 12.1 Å². The number of nitrogens with zero attached hydrogens (tertiary/aromatic N) is 3. The molecule has 0 aliphatic rings. The van der Waals surface area contributed by atoms with E-state index in [9.17, 15) is 19.1 Å². The molecule has 0 saturated heterocycles. The lowest BCUT2D eigenvalue weighted by Gasteiger charge is -2.20. The second kappa shape index (κ2) is 9.21. The summed E-state index contributed by atoms with van der Waals surface area (Å²) in [5.41, 5.74) is 0.618. The average molecular weight is 410 g/mol. The van der Waals surface area contributed by atoms with Gasteiger partial charge in [0, 0.05) is 25.0 Å². The van der Waals surface area contributed by atoms with Crippen LogP contribution in [-0.4, -0.2) is 34.0 Å². The summed E-state index contributed by atoms with van der Waals surface area (Å²) >= 11 is 0. The first-order valence-electron chi connectivity index (χ1n) is 9.62. The molecule has 0 amide bonds. The monoisotopic (exact) mass is 410 g/mol. The lowest BCUT2D eigenvalue weighted by Crippen LogP contribution is -2.32. The molecule has 7 nitrogen and oxygen atoms in total. The van der Waals surface area contributed by atoms with Gasteiger partial charge >= 0.3 is 5.69 Å². The van der Waals surface area contributed by atoms with Crippen LogP contribution in [0.4, 0.5) is 15.8 Å². The van der Waals surface area contributed by atoms with Crippen LogP contribution < -0.4 is 16.1 Å². The van der Waals surface area contributed by atoms with Gasteiger partial charge in [0.05, 0.1) is 12.2 Å². The number of aromatic nitrogens is 2. The van der Waals surface area contributed by atoms with E-state index in [2.05, 4.69) is 28.7 Å². The summed E-state index contributed by atoms with van der Waals surface area (Å²) in [5.74, 6) is -0.909. The van der Waals surface area contributed by atoms with Gasteiger partial charge in [0.15, 0.2) is 0 Å². The zero-order valence-corrected chi connectivity index (χ0v) is 16.8. The molecule has 3 aromatic rings. The third-order valence-corrected chi connectivity index (χ3v) is 4.78. The lowest BCUT2D eigenvalue weighted by atomic mass is 10.2. The highest BCUT2D eigenvalue weighted by atomic mass is 19.1. The Hall–Kier alpha value is -3.68. The van der Waals surface area contributed by atoms with Gasteiger partial charge in [-0.25, -0.2) is 9.18 Å². The van der Waals surface area contributed by atoms with Crippen molar-refractivity contribution in [3.8, 4) is 5.88 Å². The number of H-pyrrole nitrogens is 1. The number of anilines is 1. The molecule has 0 fully saturated rings. The van der Waals surface area contributed by atoms with Gasteiger partial charge in [-0.05, 0) is 55.8 Å². The molecule has 1 heterocycles. The largest absolute Gasteiger partial charge is 0.494 e. The Labute approximate surface area is 172 Å². The third-order valence-electron chi connectivity index (χ3n) is 4.78. The lowest BCUT2D eigenvalue weighted by molar-refractivity contribution is 0.408. The summed E-state index contributed by atoms with van der Waals surface area (Å²) in [7, 11) is 0. The molecule has 2 aromatic carbocycles. The summed E-state index contributed by atoms with van der Waals surface area (Å²) in [6, 6.07) is 13.0. The predicted octanol–water partition coefficient (Wildman–Crippen LogP) is 3.03. The first kappa shape index (κ1) is 21.0. The molecule has 0 atom stereocenters. The number of rotatable bonds is 7. The molecule has 0 bridgehead atoms. The van der Waals surface area contributed by atoms with Crippen molar-refractivity contribution in [3.63, 3.8) is 0 Å². The fourth-order valence-corrected chi connectivity index (χ4v) is 3.09. The van der Waals surface area contributed by atoms with Crippen molar-refractivity contribution in [2.45, 2.75) is 20.4 Å². The van der Waals surface area contributed by atoms with Crippen LogP contribution in [0.25, 0.3) is 0 Å². The minimum Gasteiger partial charge on any atom is -0.494 e. The van der Waals surface area contributed by atoms with Gasteiger partial charge in [-0.3, -0.25) is 19.3 Å². The van der Waals surface area contributed by atoms with Crippen molar-refractivity contribution in [2.75, 3.05) is 18.0 Å². The van der Waals surface area contributed by atoms with Crippen molar-refractivity contribution >= 4 is 17.6 Å². The molecule has 0 radical (unpaired) electrons. The normalized spacial score (nSPS) is 11.2. The zero-order valence-electron chi connectivity index (χ0n) is 16.8. The number of halogens is 1. The first-order valence-corrected chi connectivity index (χ1v) is 9.62. The second-order valence-corrected chi connectivity index (χ2v) is 6.66. The van der Waals surface area contributed by atoms with Crippen LogP contribution >= 0.6 is 0 Å². The van der Waals surface area contributed by atoms with Gasteiger partial charge < -0.3 is 10.0 Å². The van der Waals surface area contributed by atoms with Crippen LogP contribution in [0.15, 0.2) is 63.1 Å². The minimum absolute atomic E-state index is 0.0267. The van der Waals surface area contributed by atoms with E-state index in [1.807, 2.05) is 24.3 Å². The topological polar surface area (TPSA) is 90.7 Å². The van der Waals surface area contributed by atoms with E-state index in [0.717, 1.165) is 23.3 Å². The van der Waals surface area contributed by atoms with Crippen LogP contribution in [0, 0.1) is 5.82 Å². The van der Waals surface area contributed by atoms with Crippen molar-refractivity contribution in [1.82, 2.24) is 9.55 Å². The molecule has 2 N–H and O–H groups in total. The summed E-state index contributed by atoms with van der Waals surface area (Å²) < 4.78 is 14.1. The van der Waals surface area contributed by atoms with Crippen molar-refractivity contribution in [2.24, 2.45) is 4.99 Å². The Morgan fingerprint density at radius 3 is 2.30 bits per heavy atom. The maximum absolute atomic E-state index is 13.1. The third kappa shape index (κ3) is 4.65. The number of aliphatic imine (C=N–C) groups is 1. The number of aromatic hydroxyl groups is 1. The molecular weight excluding hydrogens is 387 g/mol. The summed E-state index contributed by atoms with van der Waals surface area (Å²) in [4.78, 5) is 32.9. The molecule has 30 heavy (non-hydrogen) atoms. The van der Waals surface area contributed by atoms with Crippen LogP contribution in [-0.2, 0) is 6.54 Å². The Balaban J connectivity index is 1.89. The molecule has 0 spiro atoms. The van der Waals surface area contributed by atoms with E-state index >= 15 is 0 Å². The highest BCUT2D eigenvalue weighted by molar-refractivity contribution is 5.84. The van der Waals surface area contributed by atoms with E-state index in [0.29, 0.717) is 11.3 Å². The number of benzene rings is 2. The van der Waals surface area contributed by atoms with E-state index in [1.165, 1.54) is 30.5 Å². The molecular formula is C22H23FN4O3. The average Bonchev–Trinajstić information content (AvgIpc) is 2.74. The van der Waals surface area contributed by atoms with Crippen LogP contribution in [0.5, 0.6) is 5.88 Å². The maximum atomic E-state index is 13.1. The standard InChI is InChI=1S/C22H23FN4O3/c1-3-26(4-2)18-11-9-17(10-12-18)24-13-19-20(28)25-22(30)27(21(19)29)14-15-5-7-16(23)8-6-15/h5-13,29H,3-4,14H2,1-2H3,(H,25,28,30).